The summed E-state index contributed by atoms with van der Waals surface area (Å²) in [6, 6.07) is 4.47. The van der Waals surface area contributed by atoms with Crippen LogP contribution in [0, 0.1) is 6.92 Å². The molecule has 1 aliphatic rings. The number of aromatic nitrogens is 6. The first-order chi connectivity index (χ1) is 15.3. The van der Waals surface area contributed by atoms with Crippen molar-refractivity contribution in [2.24, 2.45) is 0 Å². The van der Waals surface area contributed by atoms with Crippen molar-refractivity contribution < 1.29 is 13.2 Å². The van der Waals surface area contributed by atoms with Crippen molar-refractivity contribution in [3.8, 4) is 11.4 Å². The number of nitrogens with zero attached hydrogens (tertiary/aromatic N) is 3. The molecule has 4 heterocycles. The Hall–Kier alpha value is -3.67. The van der Waals surface area contributed by atoms with Gasteiger partial charge in [0.1, 0.15) is 5.82 Å². The number of aryl methyl sites for hydroxylation is 1. The fourth-order valence-corrected chi connectivity index (χ4v) is 3.98. The molecule has 0 bridgehead atoms. The van der Waals surface area contributed by atoms with Crippen LogP contribution < -0.4 is 16.2 Å². The molecule has 0 unspecified atom stereocenters. The molecule has 5 rings (SSSR count). The molecule has 0 saturated carbocycles. The van der Waals surface area contributed by atoms with Gasteiger partial charge in [-0.3, -0.25) is 20.1 Å². The number of rotatable bonds is 3. The summed E-state index contributed by atoms with van der Waals surface area (Å²) >= 11 is 0. The van der Waals surface area contributed by atoms with E-state index in [2.05, 4.69) is 41.0 Å². The quantitative estimate of drug-likeness (QED) is 0.331. The van der Waals surface area contributed by atoms with Crippen molar-refractivity contribution in [1.29, 1.82) is 0 Å². The van der Waals surface area contributed by atoms with Crippen LogP contribution in [0.1, 0.15) is 22.5 Å². The van der Waals surface area contributed by atoms with Crippen LogP contribution in [0.15, 0.2) is 23.0 Å². The minimum absolute atomic E-state index is 0.0652. The lowest BCUT2D eigenvalue weighted by molar-refractivity contribution is -0.135. The van der Waals surface area contributed by atoms with Gasteiger partial charge in [-0.1, -0.05) is 0 Å². The first-order valence-electron chi connectivity index (χ1n) is 10.0. The van der Waals surface area contributed by atoms with Gasteiger partial charge in [0.2, 0.25) is 0 Å². The zero-order valence-electron chi connectivity index (χ0n) is 16.9. The largest absolute Gasteiger partial charge is 0.417 e. The fourth-order valence-electron chi connectivity index (χ4n) is 3.98. The predicted octanol–water partition coefficient (Wildman–Crippen LogP) is 2.80. The fraction of sp³-hybridized carbons (Fsp3) is 0.300. The van der Waals surface area contributed by atoms with Crippen molar-refractivity contribution in [2.75, 3.05) is 18.4 Å². The summed E-state index contributed by atoms with van der Waals surface area (Å²) in [6.45, 7) is 3.18. The smallest absolute Gasteiger partial charge is 0.323 e. The van der Waals surface area contributed by atoms with Crippen LogP contribution in [-0.4, -0.2) is 43.5 Å². The molecule has 0 radical (unpaired) electrons. The lowest BCUT2D eigenvalue weighted by Gasteiger charge is -2.17. The number of H-pyrrole nitrogens is 3. The first-order valence-corrected chi connectivity index (χ1v) is 10.0. The van der Waals surface area contributed by atoms with Crippen molar-refractivity contribution in [1.82, 2.24) is 35.7 Å². The molecule has 9 nitrogen and oxygen atoms in total. The molecule has 3 aromatic heterocycles. The van der Waals surface area contributed by atoms with Crippen LogP contribution in [0.2, 0.25) is 0 Å². The highest BCUT2D eigenvalue weighted by Gasteiger charge is 2.38. The zero-order chi connectivity index (χ0) is 22.5. The van der Waals surface area contributed by atoms with Crippen molar-refractivity contribution in [3.63, 3.8) is 0 Å². The molecule has 166 valence electrons. The van der Waals surface area contributed by atoms with Gasteiger partial charge in [0.05, 0.1) is 22.2 Å². The lowest BCUT2D eigenvalue weighted by atomic mass is 10.0. The topological polar surface area (TPSA) is 127 Å². The first kappa shape index (κ1) is 20.2. The highest BCUT2D eigenvalue weighted by molar-refractivity contribution is 5.88. The van der Waals surface area contributed by atoms with Crippen LogP contribution >= 0.6 is 0 Å². The Bertz CT molecular complexity index is 1370. The van der Waals surface area contributed by atoms with Crippen LogP contribution in [-0.2, 0) is 19.0 Å². The van der Waals surface area contributed by atoms with Gasteiger partial charge in [-0.2, -0.15) is 18.3 Å². The number of hydrogen-bond acceptors (Lipinski definition) is 6. The third-order valence-corrected chi connectivity index (χ3v) is 5.40. The molecule has 0 saturated heterocycles. The molecule has 0 amide bonds. The Morgan fingerprint density at radius 1 is 1.09 bits per heavy atom. The molecule has 5 N–H and O–H groups in total. The van der Waals surface area contributed by atoms with E-state index in [1.165, 1.54) is 12.1 Å². The summed E-state index contributed by atoms with van der Waals surface area (Å²) < 4.78 is 42.3. The van der Waals surface area contributed by atoms with Gasteiger partial charge in [0.15, 0.2) is 11.6 Å². The molecule has 0 atom stereocenters. The molecule has 0 spiro atoms. The van der Waals surface area contributed by atoms with Crippen molar-refractivity contribution in [2.45, 2.75) is 25.9 Å². The molecule has 1 aromatic carbocycles. The van der Waals surface area contributed by atoms with Gasteiger partial charge in [-0.15, -0.1) is 0 Å². The second-order valence-electron chi connectivity index (χ2n) is 7.62. The molecule has 12 heteroatoms. The lowest BCUT2D eigenvalue weighted by Crippen LogP contribution is -2.16. The van der Waals surface area contributed by atoms with Gasteiger partial charge in [0.25, 0.3) is 5.56 Å². The summed E-state index contributed by atoms with van der Waals surface area (Å²) in [5, 5.41) is 17.6. The SMILES string of the molecule is Cc1cc(Nc2nc(-c3ccc4[nH][nH]c(=O)c4c3C(F)(F)F)nc3c2CCNCC3)n[nH]1. The van der Waals surface area contributed by atoms with Gasteiger partial charge in [-0.05, 0) is 32.0 Å². The Labute approximate surface area is 178 Å². The van der Waals surface area contributed by atoms with Gasteiger partial charge in [-0.25, -0.2) is 9.97 Å². The zero-order valence-corrected chi connectivity index (χ0v) is 16.9. The van der Waals surface area contributed by atoms with E-state index >= 15 is 0 Å². The van der Waals surface area contributed by atoms with Gasteiger partial charge in [0, 0.05) is 35.9 Å². The average Bonchev–Trinajstić information content (AvgIpc) is 3.23. The number of hydrogen-bond donors (Lipinski definition) is 5. The Morgan fingerprint density at radius 2 is 1.91 bits per heavy atom. The minimum atomic E-state index is -4.78. The second kappa shape index (κ2) is 7.48. The summed E-state index contributed by atoms with van der Waals surface area (Å²) in [5.41, 5.74) is 0.210. The summed E-state index contributed by atoms with van der Waals surface area (Å²) in [6.07, 6.45) is -3.63. The van der Waals surface area contributed by atoms with E-state index in [1.807, 2.05) is 6.92 Å². The highest BCUT2D eigenvalue weighted by atomic mass is 19.4. The predicted molar refractivity (Wildman–Crippen MR) is 112 cm³/mol. The molecular formula is C20H19F3N8O. The molecule has 32 heavy (non-hydrogen) atoms. The summed E-state index contributed by atoms with van der Waals surface area (Å²) in [4.78, 5) is 21.1. The van der Waals surface area contributed by atoms with Crippen molar-refractivity contribution in [3.05, 3.63) is 51.1 Å². The summed E-state index contributed by atoms with van der Waals surface area (Å²) in [5.74, 6) is 0.798. The molecule has 1 aliphatic heterocycles. The maximum Gasteiger partial charge on any atom is 0.417 e. The number of nitrogens with one attached hydrogen (secondary N) is 5. The van der Waals surface area contributed by atoms with Crippen LogP contribution in [0.3, 0.4) is 0 Å². The average molecular weight is 444 g/mol. The van der Waals surface area contributed by atoms with E-state index in [4.69, 9.17) is 0 Å². The van der Waals surface area contributed by atoms with E-state index in [1.54, 1.807) is 6.07 Å². The van der Waals surface area contributed by atoms with Crippen LogP contribution in [0.4, 0.5) is 24.8 Å². The monoisotopic (exact) mass is 444 g/mol. The van der Waals surface area contributed by atoms with E-state index in [0.717, 1.165) is 11.3 Å². The number of aromatic amines is 3. The van der Waals surface area contributed by atoms with E-state index in [9.17, 15) is 18.0 Å². The Morgan fingerprint density at radius 3 is 2.66 bits per heavy atom. The maximum atomic E-state index is 14.1. The van der Waals surface area contributed by atoms with E-state index < -0.39 is 22.7 Å². The third kappa shape index (κ3) is 3.51. The number of anilines is 2. The molecule has 4 aromatic rings. The number of alkyl halides is 3. The number of fused-ring (bicyclic) bond motifs is 2. The van der Waals surface area contributed by atoms with Crippen molar-refractivity contribution >= 4 is 22.5 Å². The number of halogens is 3. The highest BCUT2D eigenvalue weighted by Crippen LogP contribution is 2.40. The van der Waals surface area contributed by atoms with Crippen LogP contribution in [0.25, 0.3) is 22.3 Å². The number of benzene rings is 1. The standard InChI is InChI=1S/C20H19F3N8O/c1-9-8-14(30-28-9)26-17-10-4-6-24-7-5-12(10)25-18(27-17)11-2-3-13-15(19(32)31-29-13)16(11)20(21,22)23/h2-3,8,24H,4-7H2,1H3,(H2,29,31,32)(H2,25,26,27,28,30). The minimum Gasteiger partial charge on any atom is -0.323 e. The Kier molecular flexibility index (Phi) is 4.73. The second-order valence-corrected chi connectivity index (χ2v) is 7.62. The van der Waals surface area contributed by atoms with Gasteiger partial charge >= 0.3 is 6.18 Å². The maximum absolute atomic E-state index is 14.1. The Balaban J connectivity index is 1.74. The van der Waals surface area contributed by atoms with Crippen LogP contribution in [0.5, 0.6) is 0 Å². The molecular weight excluding hydrogens is 425 g/mol. The molecule has 0 aliphatic carbocycles. The van der Waals surface area contributed by atoms with E-state index in [0.29, 0.717) is 43.3 Å². The summed E-state index contributed by atoms with van der Waals surface area (Å²) in [7, 11) is 0. The van der Waals surface area contributed by atoms with E-state index in [-0.39, 0.29) is 16.9 Å². The van der Waals surface area contributed by atoms with Gasteiger partial charge < -0.3 is 10.6 Å². The molecule has 0 fully saturated rings. The normalized spacial score (nSPS) is 14.4. The third-order valence-electron chi connectivity index (χ3n) is 5.40.